The molecule has 4 heteroatoms. The van der Waals surface area contributed by atoms with Crippen LogP contribution in [0.5, 0.6) is 0 Å². The minimum absolute atomic E-state index is 0.139. The second-order valence-electron chi connectivity index (χ2n) is 3.29. The van der Waals surface area contributed by atoms with Gasteiger partial charge in [-0.2, -0.15) is 5.26 Å². The summed E-state index contributed by atoms with van der Waals surface area (Å²) < 4.78 is 0.841. The number of aromatic nitrogens is 1. The fraction of sp³-hybridized carbons (Fsp3) is 0.0909. The van der Waals surface area contributed by atoms with Gasteiger partial charge in [0.2, 0.25) is 5.43 Å². The molecule has 0 amide bonds. The third-order valence-electron chi connectivity index (χ3n) is 2.27. The SMILES string of the molecule is Cc1cc(Br)cc2c(=O)c(C#N)c[nH]c12. The number of hydrogen-bond acceptors (Lipinski definition) is 2. The maximum Gasteiger partial charge on any atom is 0.207 e. The van der Waals surface area contributed by atoms with Crippen LogP contribution in [0.25, 0.3) is 10.9 Å². The van der Waals surface area contributed by atoms with Crippen LogP contribution in [0, 0.1) is 18.3 Å². The van der Waals surface area contributed by atoms with Crippen LogP contribution in [0.1, 0.15) is 11.1 Å². The molecule has 1 aromatic carbocycles. The topological polar surface area (TPSA) is 56.6 Å². The number of hydrogen-bond donors (Lipinski definition) is 1. The highest BCUT2D eigenvalue weighted by Gasteiger charge is 2.06. The van der Waals surface area contributed by atoms with E-state index in [4.69, 9.17) is 5.26 Å². The lowest BCUT2D eigenvalue weighted by Crippen LogP contribution is -2.07. The van der Waals surface area contributed by atoms with Crippen molar-refractivity contribution in [3.05, 3.63) is 44.2 Å². The lowest BCUT2D eigenvalue weighted by molar-refractivity contribution is 1.31. The van der Waals surface area contributed by atoms with E-state index in [9.17, 15) is 4.79 Å². The molecule has 0 saturated heterocycles. The molecule has 0 saturated carbocycles. The lowest BCUT2D eigenvalue weighted by atomic mass is 10.1. The van der Waals surface area contributed by atoms with Crippen molar-refractivity contribution in [1.29, 1.82) is 5.26 Å². The molecule has 0 aliphatic rings. The molecule has 1 aromatic heterocycles. The third-order valence-corrected chi connectivity index (χ3v) is 2.73. The first kappa shape index (κ1) is 9.94. The quantitative estimate of drug-likeness (QED) is 0.793. The standard InChI is InChI=1S/C11H7BrN2O/c1-6-2-8(12)3-9-10(6)14-5-7(4-13)11(9)15/h2-3,5H,1H3,(H,14,15). The average Bonchev–Trinajstić information content (AvgIpc) is 2.19. The molecule has 0 spiro atoms. The number of nitrogens with one attached hydrogen (secondary N) is 1. The number of nitriles is 1. The van der Waals surface area contributed by atoms with Crippen LogP contribution in [-0.4, -0.2) is 4.98 Å². The first-order valence-electron chi connectivity index (χ1n) is 4.35. The highest BCUT2D eigenvalue weighted by Crippen LogP contribution is 2.19. The van der Waals surface area contributed by atoms with Gasteiger partial charge in [0.25, 0.3) is 0 Å². The van der Waals surface area contributed by atoms with E-state index in [1.807, 2.05) is 19.1 Å². The van der Waals surface area contributed by atoms with Gasteiger partial charge < -0.3 is 4.98 Å². The maximum absolute atomic E-state index is 11.8. The molecule has 15 heavy (non-hydrogen) atoms. The van der Waals surface area contributed by atoms with Crippen LogP contribution >= 0.6 is 15.9 Å². The van der Waals surface area contributed by atoms with Crippen molar-refractivity contribution in [3.63, 3.8) is 0 Å². The zero-order valence-electron chi connectivity index (χ0n) is 7.97. The first-order chi connectivity index (χ1) is 7.13. The molecule has 2 aromatic rings. The Kier molecular flexibility index (Phi) is 2.33. The molecule has 0 aliphatic carbocycles. The molecular formula is C11H7BrN2O. The zero-order chi connectivity index (χ0) is 11.0. The Balaban J connectivity index is 3.01. The fourth-order valence-corrected chi connectivity index (χ4v) is 2.12. The second kappa shape index (κ2) is 3.52. The van der Waals surface area contributed by atoms with E-state index in [1.165, 1.54) is 6.20 Å². The monoisotopic (exact) mass is 262 g/mol. The van der Waals surface area contributed by atoms with Gasteiger partial charge in [-0.3, -0.25) is 4.79 Å². The Morgan fingerprint density at radius 2 is 2.20 bits per heavy atom. The van der Waals surface area contributed by atoms with E-state index in [-0.39, 0.29) is 11.0 Å². The van der Waals surface area contributed by atoms with Crippen molar-refractivity contribution in [1.82, 2.24) is 4.98 Å². The molecular weight excluding hydrogens is 256 g/mol. The Morgan fingerprint density at radius 3 is 2.87 bits per heavy atom. The van der Waals surface area contributed by atoms with Crippen molar-refractivity contribution < 1.29 is 0 Å². The molecule has 0 bridgehead atoms. The lowest BCUT2D eigenvalue weighted by Gasteiger charge is -2.02. The predicted molar refractivity (Wildman–Crippen MR) is 61.7 cm³/mol. The Morgan fingerprint density at radius 1 is 1.47 bits per heavy atom. The summed E-state index contributed by atoms with van der Waals surface area (Å²) >= 11 is 3.33. The van der Waals surface area contributed by atoms with Crippen LogP contribution in [-0.2, 0) is 0 Å². The van der Waals surface area contributed by atoms with Crippen molar-refractivity contribution in [2.75, 3.05) is 0 Å². The van der Waals surface area contributed by atoms with Gasteiger partial charge in [-0.1, -0.05) is 15.9 Å². The summed E-state index contributed by atoms with van der Waals surface area (Å²) in [5, 5.41) is 9.28. The molecule has 2 rings (SSSR count). The van der Waals surface area contributed by atoms with E-state index in [0.717, 1.165) is 15.6 Å². The predicted octanol–water partition coefficient (Wildman–Crippen LogP) is 2.47. The summed E-state index contributed by atoms with van der Waals surface area (Å²) in [6.07, 6.45) is 1.45. The van der Waals surface area contributed by atoms with Crippen LogP contribution in [0.3, 0.4) is 0 Å². The molecule has 1 N–H and O–H groups in total. The van der Waals surface area contributed by atoms with Gasteiger partial charge >= 0.3 is 0 Å². The number of fused-ring (bicyclic) bond motifs is 1. The number of pyridine rings is 1. The summed E-state index contributed by atoms with van der Waals surface area (Å²) in [6.45, 7) is 1.91. The number of halogens is 1. The van der Waals surface area contributed by atoms with Gasteiger partial charge in [-0.25, -0.2) is 0 Å². The molecule has 74 valence electrons. The number of benzene rings is 1. The van der Waals surface area contributed by atoms with E-state index in [0.29, 0.717) is 5.39 Å². The van der Waals surface area contributed by atoms with E-state index >= 15 is 0 Å². The highest BCUT2D eigenvalue weighted by atomic mass is 79.9. The highest BCUT2D eigenvalue weighted by molar-refractivity contribution is 9.10. The minimum atomic E-state index is -0.226. The zero-order valence-corrected chi connectivity index (χ0v) is 9.55. The number of H-pyrrole nitrogens is 1. The summed E-state index contributed by atoms with van der Waals surface area (Å²) in [7, 11) is 0. The molecule has 1 heterocycles. The number of aryl methyl sites for hydroxylation is 1. The van der Waals surface area contributed by atoms with Crippen LogP contribution in [0.4, 0.5) is 0 Å². The van der Waals surface area contributed by atoms with Crippen molar-refractivity contribution in [2.45, 2.75) is 6.92 Å². The van der Waals surface area contributed by atoms with E-state index < -0.39 is 0 Å². The normalized spacial score (nSPS) is 10.2. The average molecular weight is 263 g/mol. The summed E-state index contributed by atoms with van der Waals surface area (Å²) in [5.74, 6) is 0. The van der Waals surface area contributed by atoms with Gasteiger partial charge in [0, 0.05) is 16.1 Å². The summed E-state index contributed by atoms with van der Waals surface area (Å²) in [5.41, 5.74) is 1.67. The second-order valence-corrected chi connectivity index (χ2v) is 4.20. The molecule has 0 atom stereocenters. The molecule has 0 fully saturated rings. The van der Waals surface area contributed by atoms with Crippen LogP contribution < -0.4 is 5.43 Å². The molecule has 0 unspecified atom stereocenters. The van der Waals surface area contributed by atoms with Gasteiger partial charge in [0.1, 0.15) is 11.6 Å². The number of aromatic amines is 1. The van der Waals surface area contributed by atoms with Crippen LogP contribution in [0.2, 0.25) is 0 Å². The third kappa shape index (κ3) is 1.55. The Hall–Kier alpha value is -1.60. The first-order valence-corrected chi connectivity index (χ1v) is 5.14. The van der Waals surface area contributed by atoms with Crippen molar-refractivity contribution in [2.24, 2.45) is 0 Å². The minimum Gasteiger partial charge on any atom is -0.359 e. The van der Waals surface area contributed by atoms with E-state index in [2.05, 4.69) is 20.9 Å². The van der Waals surface area contributed by atoms with Gasteiger partial charge in [-0.15, -0.1) is 0 Å². The van der Waals surface area contributed by atoms with Gasteiger partial charge in [0.15, 0.2) is 0 Å². The number of nitrogens with zero attached hydrogens (tertiary/aromatic N) is 1. The number of rotatable bonds is 0. The molecule has 0 aliphatic heterocycles. The fourth-order valence-electron chi connectivity index (χ4n) is 1.55. The Labute approximate surface area is 94.5 Å². The van der Waals surface area contributed by atoms with Crippen LogP contribution in [0.15, 0.2) is 27.6 Å². The maximum atomic E-state index is 11.8. The summed E-state index contributed by atoms with van der Waals surface area (Å²) in [6, 6.07) is 5.51. The van der Waals surface area contributed by atoms with Gasteiger partial charge in [0.05, 0.1) is 5.52 Å². The summed E-state index contributed by atoms with van der Waals surface area (Å²) in [4.78, 5) is 14.8. The Bertz CT molecular complexity index is 637. The largest absolute Gasteiger partial charge is 0.359 e. The van der Waals surface area contributed by atoms with Crippen molar-refractivity contribution >= 4 is 26.8 Å². The molecule has 0 radical (unpaired) electrons. The smallest absolute Gasteiger partial charge is 0.207 e. The molecule has 3 nitrogen and oxygen atoms in total. The van der Waals surface area contributed by atoms with E-state index in [1.54, 1.807) is 6.07 Å². The van der Waals surface area contributed by atoms with Gasteiger partial charge in [-0.05, 0) is 24.6 Å². The van der Waals surface area contributed by atoms with Crippen molar-refractivity contribution in [3.8, 4) is 6.07 Å².